The van der Waals surface area contributed by atoms with Gasteiger partial charge in [0.15, 0.2) is 0 Å². The minimum absolute atomic E-state index is 0.145. The van der Waals surface area contributed by atoms with Crippen molar-refractivity contribution in [3.05, 3.63) is 30.6 Å². The fourth-order valence-corrected chi connectivity index (χ4v) is 3.07. The Kier molecular flexibility index (Phi) is 8.96. The van der Waals surface area contributed by atoms with Crippen LogP contribution in [0.5, 0.6) is 0 Å². The summed E-state index contributed by atoms with van der Waals surface area (Å²) in [6, 6.07) is 0. The summed E-state index contributed by atoms with van der Waals surface area (Å²) >= 11 is 2.01. The van der Waals surface area contributed by atoms with Gasteiger partial charge in [0.25, 0.3) is 5.56 Å². The highest BCUT2D eigenvalue weighted by molar-refractivity contribution is 14.1. The Morgan fingerprint density at radius 2 is 1.52 bits per heavy atom. The van der Waals surface area contributed by atoms with Crippen molar-refractivity contribution in [1.29, 1.82) is 0 Å². The van der Waals surface area contributed by atoms with E-state index in [0.29, 0.717) is 16.7 Å². The predicted octanol–water partition coefficient (Wildman–Crippen LogP) is 3.78. The summed E-state index contributed by atoms with van der Waals surface area (Å²) in [7, 11) is 0. The molecule has 0 aromatic carbocycles. The van der Waals surface area contributed by atoms with Crippen molar-refractivity contribution in [2.24, 2.45) is 0 Å². The minimum atomic E-state index is -0.175. The van der Waals surface area contributed by atoms with Crippen LogP contribution in [-0.4, -0.2) is 9.13 Å². The van der Waals surface area contributed by atoms with Crippen LogP contribution in [0.2, 0.25) is 0 Å². The minimum Gasteiger partial charge on any atom is -0.300 e. The molecule has 0 aliphatic heterocycles. The summed E-state index contributed by atoms with van der Waals surface area (Å²) in [6.45, 7) is 5.29. The molecule has 21 heavy (non-hydrogen) atoms. The van der Waals surface area contributed by atoms with Gasteiger partial charge in [0, 0.05) is 19.3 Å². The fourth-order valence-electron chi connectivity index (χ4n) is 2.45. The Morgan fingerprint density at radius 3 is 2.10 bits per heavy atom. The van der Waals surface area contributed by atoms with Gasteiger partial charge in [-0.2, -0.15) is 0 Å². The first-order valence-corrected chi connectivity index (χ1v) is 9.19. The Balaban J connectivity index is 2.44. The van der Waals surface area contributed by atoms with Crippen LogP contribution in [0.3, 0.4) is 0 Å². The topological polar surface area (TPSA) is 44.0 Å². The number of aryl methyl sites for hydroxylation is 1. The van der Waals surface area contributed by atoms with Gasteiger partial charge in [-0.3, -0.25) is 13.9 Å². The second-order valence-electron chi connectivity index (χ2n) is 5.48. The molecular weight excluding hydrogens is 379 g/mol. The second kappa shape index (κ2) is 10.2. The zero-order valence-corrected chi connectivity index (χ0v) is 15.4. The largest absolute Gasteiger partial charge is 0.331 e. The van der Waals surface area contributed by atoms with Crippen molar-refractivity contribution in [3.63, 3.8) is 0 Å². The van der Waals surface area contributed by atoms with Gasteiger partial charge in [-0.05, 0) is 35.9 Å². The lowest BCUT2D eigenvalue weighted by Gasteiger charge is -2.09. The molecule has 0 fully saturated rings. The van der Waals surface area contributed by atoms with E-state index in [9.17, 15) is 9.59 Å². The summed E-state index contributed by atoms with van der Waals surface area (Å²) in [5.41, 5.74) is -0.320. The standard InChI is InChI=1S/C16H27IN2O2/c1-3-5-6-7-8-9-10-11-12-19-15(20)14(17)13-18(4-2)16(19)21/h13H,3-12H2,1-2H3. The van der Waals surface area contributed by atoms with Gasteiger partial charge in [0.05, 0.1) is 3.57 Å². The molecule has 1 aromatic rings. The zero-order chi connectivity index (χ0) is 15.7. The molecule has 1 aromatic heterocycles. The third-order valence-electron chi connectivity index (χ3n) is 3.77. The zero-order valence-electron chi connectivity index (χ0n) is 13.2. The molecule has 4 nitrogen and oxygen atoms in total. The SMILES string of the molecule is CCCCCCCCCCn1c(=O)c(I)cn(CC)c1=O. The maximum absolute atomic E-state index is 12.1. The van der Waals surface area contributed by atoms with Crippen molar-refractivity contribution in [2.45, 2.75) is 78.3 Å². The normalized spacial score (nSPS) is 11.0. The van der Waals surface area contributed by atoms with Crippen molar-refractivity contribution in [3.8, 4) is 0 Å². The molecular formula is C16H27IN2O2. The second-order valence-corrected chi connectivity index (χ2v) is 6.64. The van der Waals surface area contributed by atoms with Crippen LogP contribution in [0, 0.1) is 3.57 Å². The lowest BCUT2D eigenvalue weighted by molar-refractivity contribution is 0.505. The molecule has 120 valence electrons. The molecule has 0 aliphatic rings. The molecule has 0 radical (unpaired) electrons. The van der Waals surface area contributed by atoms with Gasteiger partial charge < -0.3 is 0 Å². The van der Waals surface area contributed by atoms with E-state index in [2.05, 4.69) is 6.92 Å². The first kappa shape index (κ1) is 18.5. The number of hydrogen-bond donors (Lipinski definition) is 0. The van der Waals surface area contributed by atoms with Gasteiger partial charge in [0.2, 0.25) is 0 Å². The van der Waals surface area contributed by atoms with Gasteiger partial charge >= 0.3 is 5.69 Å². The maximum atomic E-state index is 12.1. The van der Waals surface area contributed by atoms with Gasteiger partial charge in [-0.1, -0.05) is 51.9 Å². The summed E-state index contributed by atoms with van der Waals surface area (Å²) in [6.07, 6.45) is 11.4. The van der Waals surface area contributed by atoms with Gasteiger partial charge in [-0.25, -0.2) is 4.79 Å². The molecule has 1 heterocycles. The van der Waals surface area contributed by atoms with Crippen LogP contribution in [0.25, 0.3) is 0 Å². The van der Waals surface area contributed by atoms with Gasteiger partial charge in [0.1, 0.15) is 0 Å². The van der Waals surface area contributed by atoms with Crippen molar-refractivity contribution in [1.82, 2.24) is 9.13 Å². The first-order valence-electron chi connectivity index (χ1n) is 8.11. The first-order chi connectivity index (χ1) is 10.1. The third-order valence-corrected chi connectivity index (χ3v) is 4.51. The van der Waals surface area contributed by atoms with Gasteiger partial charge in [-0.15, -0.1) is 0 Å². The molecule has 0 saturated heterocycles. The van der Waals surface area contributed by atoms with E-state index in [0.717, 1.165) is 12.8 Å². The van der Waals surface area contributed by atoms with E-state index in [1.54, 1.807) is 10.8 Å². The van der Waals surface area contributed by atoms with Crippen LogP contribution < -0.4 is 11.2 Å². The van der Waals surface area contributed by atoms with E-state index in [4.69, 9.17) is 0 Å². The summed E-state index contributed by atoms with van der Waals surface area (Å²) < 4.78 is 3.62. The monoisotopic (exact) mass is 406 g/mol. The number of rotatable bonds is 10. The van der Waals surface area contributed by atoms with Crippen molar-refractivity contribution >= 4 is 22.6 Å². The number of nitrogens with zero attached hydrogens (tertiary/aromatic N) is 2. The third kappa shape index (κ3) is 5.96. The fraction of sp³-hybridized carbons (Fsp3) is 0.750. The van der Waals surface area contributed by atoms with Crippen LogP contribution in [-0.2, 0) is 13.1 Å². The van der Waals surface area contributed by atoms with E-state index >= 15 is 0 Å². The van der Waals surface area contributed by atoms with E-state index in [1.165, 1.54) is 43.1 Å². The van der Waals surface area contributed by atoms with Crippen LogP contribution >= 0.6 is 22.6 Å². The molecule has 0 unspecified atom stereocenters. The molecule has 0 saturated carbocycles. The van der Waals surface area contributed by atoms with Crippen LogP contribution in [0.15, 0.2) is 15.8 Å². The Morgan fingerprint density at radius 1 is 0.952 bits per heavy atom. The number of unbranched alkanes of at least 4 members (excludes halogenated alkanes) is 7. The summed E-state index contributed by atoms with van der Waals surface area (Å²) in [5.74, 6) is 0. The maximum Gasteiger partial charge on any atom is 0.331 e. The highest BCUT2D eigenvalue weighted by atomic mass is 127. The average Bonchev–Trinajstić information content (AvgIpc) is 2.48. The van der Waals surface area contributed by atoms with Crippen LogP contribution in [0.1, 0.15) is 65.2 Å². The molecule has 0 atom stereocenters. The number of halogens is 1. The molecule has 0 N–H and O–H groups in total. The predicted molar refractivity (Wildman–Crippen MR) is 96.0 cm³/mol. The van der Waals surface area contributed by atoms with Crippen LogP contribution in [0.4, 0.5) is 0 Å². The number of aromatic nitrogens is 2. The Hall–Kier alpha value is -0.590. The molecule has 0 amide bonds. The molecule has 5 heteroatoms. The average molecular weight is 406 g/mol. The summed E-state index contributed by atoms with van der Waals surface area (Å²) in [4.78, 5) is 24.2. The highest BCUT2D eigenvalue weighted by Gasteiger charge is 2.08. The molecule has 1 rings (SSSR count). The van der Waals surface area contributed by atoms with E-state index < -0.39 is 0 Å². The molecule has 0 spiro atoms. The highest BCUT2D eigenvalue weighted by Crippen LogP contribution is 2.08. The van der Waals surface area contributed by atoms with Crippen molar-refractivity contribution in [2.75, 3.05) is 0 Å². The van der Waals surface area contributed by atoms with E-state index in [-0.39, 0.29) is 11.2 Å². The Bertz CT molecular complexity index is 534. The molecule has 0 aliphatic carbocycles. The van der Waals surface area contributed by atoms with Crippen molar-refractivity contribution < 1.29 is 0 Å². The quantitative estimate of drug-likeness (QED) is 0.439. The number of hydrogen-bond acceptors (Lipinski definition) is 2. The molecule has 0 bridgehead atoms. The smallest absolute Gasteiger partial charge is 0.300 e. The lowest BCUT2D eigenvalue weighted by atomic mass is 10.1. The lowest BCUT2D eigenvalue weighted by Crippen LogP contribution is -2.40. The summed E-state index contributed by atoms with van der Waals surface area (Å²) in [5, 5.41) is 0. The Labute approximate surface area is 140 Å². The van der Waals surface area contributed by atoms with E-state index in [1.807, 2.05) is 29.5 Å².